The van der Waals surface area contributed by atoms with Crippen molar-refractivity contribution in [3.63, 3.8) is 0 Å². The van der Waals surface area contributed by atoms with Crippen molar-refractivity contribution in [2.75, 3.05) is 13.2 Å². The van der Waals surface area contributed by atoms with Crippen LogP contribution >= 0.6 is 0 Å². The van der Waals surface area contributed by atoms with Crippen molar-refractivity contribution >= 4 is 27.6 Å². The van der Waals surface area contributed by atoms with Gasteiger partial charge in [0.25, 0.3) is 0 Å². The van der Waals surface area contributed by atoms with Crippen LogP contribution in [0.5, 0.6) is 5.75 Å². The van der Waals surface area contributed by atoms with Gasteiger partial charge < -0.3 is 19.6 Å². The third-order valence-electron chi connectivity index (χ3n) is 7.09. The molecule has 0 spiro atoms. The van der Waals surface area contributed by atoms with Gasteiger partial charge in [0.05, 0.1) is 36.7 Å². The minimum Gasteiger partial charge on any atom is -0.493 e. The Morgan fingerprint density at radius 2 is 1.82 bits per heavy atom. The average molecular weight is 512 g/mol. The van der Waals surface area contributed by atoms with Crippen molar-refractivity contribution in [3.8, 4) is 16.9 Å². The van der Waals surface area contributed by atoms with Crippen LogP contribution < -0.4 is 4.74 Å². The van der Waals surface area contributed by atoms with Gasteiger partial charge in [-0.05, 0) is 56.2 Å². The third kappa shape index (κ3) is 4.54. The van der Waals surface area contributed by atoms with Crippen LogP contribution in [0.15, 0.2) is 54.6 Å². The Morgan fingerprint density at radius 1 is 1.03 bits per heavy atom. The molecule has 7 heteroatoms. The molecule has 0 aliphatic rings. The number of aromatic nitrogens is 3. The highest BCUT2D eigenvalue weighted by molar-refractivity contribution is 6.05. The molecule has 0 saturated carbocycles. The van der Waals surface area contributed by atoms with E-state index in [9.17, 15) is 9.90 Å². The lowest BCUT2D eigenvalue weighted by Crippen LogP contribution is -2.09. The number of esters is 1. The molecule has 7 nitrogen and oxygen atoms in total. The summed E-state index contributed by atoms with van der Waals surface area (Å²) in [4.78, 5) is 16.4. The van der Waals surface area contributed by atoms with E-state index in [-0.39, 0.29) is 12.6 Å². The molecule has 0 aliphatic heterocycles. The Kier molecular flexibility index (Phi) is 7.20. The van der Waals surface area contributed by atoms with E-state index in [0.29, 0.717) is 25.3 Å². The summed E-state index contributed by atoms with van der Waals surface area (Å²) in [5.74, 6) is 0.483. The molecule has 5 aromatic rings. The summed E-state index contributed by atoms with van der Waals surface area (Å²) in [6, 6.07) is 18.3. The summed E-state index contributed by atoms with van der Waals surface area (Å²) < 4.78 is 13.3. The number of H-pyrrole nitrogens is 1. The maximum absolute atomic E-state index is 13.0. The number of fused-ring (bicyclic) bond motifs is 2. The number of aliphatic hydroxyl groups excluding tert-OH is 1. The normalized spacial score (nSPS) is 11.4. The van der Waals surface area contributed by atoms with Crippen LogP contribution in [0.3, 0.4) is 0 Å². The van der Waals surface area contributed by atoms with Gasteiger partial charge in [-0.1, -0.05) is 48.5 Å². The van der Waals surface area contributed by atoms with Crippen LogP contribution in [0.1, 0.15) is 46.3 Å². The lowest BCUT2D eigenvalue weighted by molar-refractivity contribution is 0.0519. The van der Waals surface area contributed by atoms with Crippen LogP contribution in [0.4, 0.5) is 0 Å². The number of carbonyl (C=O) groups is 1. The van der Waals surface area contributed by atoms with Gasteiger partial charge in [-0.15, -0.1) is 0 Å². The van der Waals surface area contributed by atoms with E-state index in [1.54, 1.807) is 11.6 Å². The molecule has 0 amide bonds. The predicted molar refractivity (Wildman–Crippen MR) is 150 cm³/mol. The molecular formula is C31H33N3O4. The summed E-state index contributed by atoms with van der Waals surface area (Å²) in [6.07, 6.45) is 1.36. The molecule has 3 aromatic carbocycles. The van der Waals surface area contributed by atoms with E-state index in [0.717, 1.165) is 67.5 Å². The Hall–Kier alpha value is -4.10. The van der Waals surface area contributed by atoms with Gasteiger partial charge in [0, 0.05) is 28.9 Å². The number of aliphatic hydroxyl groups is 1. The van der Waals surface area contributed by atoms with E-state index in [4.69, 9.17) is 9.47 Å². The van der Waals surface area contributed by atoms with Gasteiger partial charge in [-0.3, -0.25) is 4.68 Å². The molecule has 2 aromatic heterocycles. The standard InChI is InChI=1S/C31H33N3O4/c1-5-37-31(36)30-23(13-9-17-38-26-14-8-11-21-10-6-7-12-22(21)26)24-16-15-19(2)27(29(24)32-30)28-20(3)33-34(4)25(28)18-35/h6-8,10-12,14-16,32,35H,5,9,13,17-18H2,1-4H3. The highest BCUT2D eigenvalue weighted by Crippen LogP contribution is 2.38. The summed E-state index contributed by atoms with van der Waals surface area (Å²) in [6.45, 7) is 6.45. The first-order valence-electron chi connectivity index (χ1n) is 13.0. The Labute approximate surface area is 222 Å². The Bertz CT molecular complexity index is 1620. The van der Waals surface area contributed by atoms with E-state index in [2.05, 4.69) is 40.4 Å². The number of hydrogen-bond donors (Lipinski definition) is 2. The van der Waals surface area contributed by atoms with Crippen LogP contribution in [-0.2, 0) is 24.8 Å². The fourth-order valence-corrected chi connectivity index (χ4v) is 5.35. The summed E-state index contributed by atoms with van der Waals surface area (Å²) in [7, 11) is 1.83. The van der Waals surface area contributed by atoms with Crippen LogP contribution in [0.2, 0.25) is 0 Å². The number of rotatable bonds is 9. The van der Waals surface area contributed by atoms with Gasteiger partial charge in [-0.25, -0.2) is 4.79 Å². The molecule has 0 saturated heterocycles. The Morgan fingerprint density at radius 3 is 2.61 bits per heavy atom. The first-order chi connectivity index (χ1) is 18.4. The number of hydrogen-bond acceptors (Lipinski definition) is 5. The monoisotopic (exact) mass is 511 g/mol. The molecule has 0 unspecified atom stereocenters. The largest absolute Gasteiger partial charge is 0.493 e. The molecule has 2 N–H and O–H groups in total. The van der Waals surface area contributed by atoms with Gasteiger partial charge >= 0.3 is 5.97 Å². The van der Waals surface area contributed by atoms with Gasteiger partial charge in [0.1, 0.15) is 11.4 Å². The van der Waals surface area contributed by atoms with Gasteiger partial charge in [0.2, 0.25) is 0 Å². The fourth-order valence-electron chi connectivity index (χ4n) is 5.35. The molecule has 196 valence electrons. The first kappa shape index (κ1) is 25.5. The summed E-state index contributed by atoms with van der Waals surface area (Å²) >= 11 is 0. The molecule has 0 radical (unpaired) electrons. The number of nitrogens with zero attached hydrogens (tertiary/aromatic N) is 2. The average Bonchev–Trinajstić information content (AvgIpc) is 3.42. The van der Waals surface area contributed by atoms with Crippen molar-refractivity contribution in [1.82, 2.24) is 14.8 Å². The van der Waals surface area contributed by atoms with Crippen molar-refractivity contribution in [3.05, 3.63) is 82.8 Å². The molecule has 5 rings (SSSR count). The van der Waals surface area contributed by atoms with E-state index >= 15 is 0 Å². The molecular weight excluding hydrogens is 478 g/mol. The molecule has 0 fully saturated rings. The first-order valence-corrected chi connectivity index (χ1v) is 13.0. The van der Waals surface area contributed by atoms with Crippen molar-refractivity contribution in [2.45, 2.75) is 40.2 Å². The maximum atomic E-state index is 13.0. The van der Waals surface area contributed by atoms with Crippen LogP contribution in [-0.4, -0.2) is 39.1 Å². The predicted octanol–water partition coefficient (Wildman–Crippen LogP) is 6.02. The third-order valence-corrected chi connectivity index (χ3v) is 7.09. The number of ether oxygens (including phenoxy) is 2. The second-order valence-electron chi connectivity index (χ2n) is 9.50. The summed E-state index contributed by atoms with van der Waals surface area (Å²) in [5.41, 5.74) is 6.65. The smallest absolute Gasteiger partial charge is 0.355 e. The van der Waals surface area contributed by atoms with Crippen LogP contribution in [0.25, 0.3) is 32.8 Å². The number of aromatic amines is 1. The molecule has 38 heavy (non-hydrogen) atoms. The van der Waals surface area contributed by atoms with Gasteiger partial charge in [0.15, 0.2) is 0 Å². The molecule has 2 heterocycles. The molecule has 0 atom stereocenters. The summed E-state index contributed by atoms with van der Waals surface area (Å²) in [5, 5.41) is 17.8. The number of nitrogens with one attached hydrogen (secondary N) is 1. The van der Waals surface area contributed by atoms with Crippen molar-refractivity contribution in [1.29, 1.82) is 0 Å². The lowest BCUT2D eigenvalue weighted by atomic mass is 9.94. The van der Waals surface area contributed by atoms with Crippen molar-refractivity contribution in [2.24, 2.45) is 7.05 Å². The zero-order chi connectivity index (χ0) is 26.8. The van der Waals surface area contributed by atoms with E-state index in [1.807, 2.05) is 45.2 Å². The lowest BCUT2D eigenvalue weighted by Gasteiger charge is -2.11. The number of carbonyl (C=O) groups excluding carboxylic acids is 1. The SMILES string of the molecule is CCOC(=O)c1[nH]c2c(-c3c(C)nn(C)c3CO)c(C)ccc2c1CCCOc1cccc2ccccc12. The van der Waals surface area contributed by atoms with E-state index < -0.39 is 0 Å². The Balaban J connectivity index is 1.51. The highest BCUT2D eigenvalue weighted by atomic mass is 16.5. The van der Waals surface area contributed by atoms with Crippen LogP contribution in [0, 0.1) is 13.8 Å². The van der Waals surface area contributed by atoms with Gasteiger partial charge in [-0.2, -0.15) is 5.10 Å². The topological polar surface area (TPSA) is 89.4 Å². The zero-order valence-corrected chi connectivity index (χ0v) is 22.3. The van der Waals surface area contributed by atoms with Crippen molar-refractivity contribution < 1.29 is 19.4 Å². The zero-order valence-electron chi connectivity index (χ0n) is 22.3. The minimum atomic E-state index is -0.373. The van der Waals surface area contributed by atoms with E-state index in [1.165, 1.54) is 0 Å². The molecule has 0 aliphatic carbocycles. The maximum Gasteiger partial charge on any atom is 0.355 e. The number of aryl methyl sites for hydroxylation is 4. The fraction of sp³-hybridized carbons (Fsp3) is 0.290. The number of benzene rings is 3. The molecule has 0 bridgehead atoms. The second kappa shape index (κ2) is 10.7. The minimum absolute atomic E-state index is 0.133. The quantitative estimate of drug-likeness (QED) is 0.187. The highest BCUT2D eigenvalue weighted by Gasteiger charge is 2.24. The second-order valence-corrected chi connectivity index (χ2v) is 9.50.